The molecule has 1 aliphatic rings. The van der Waals surface area contributed by atoms with Crippen molar-refractivity contribution >= 4 is 5.91 Å². The first-order chi connectivity index (χ1) is 8.43. The minimum absolute atomic E-state index is 0.121. The number of hydrogen-bond acceptors (Lipinski definition) is 2. The summed E-state index contributed by atoms with van der Waals surface area (Å²) in [6.07, 6.45) is 6.65. The molecule has 1 atom stereocenters. The van der Waals surface area contributed by atoms with Gasteiger partial charge in [-0.3, -0.25) is 4.79 Å². The van der Waals surface area contributed by atoms with Crippen LogP contribution in [-0.2, 0) is 4.79 Å². The van der Waals surface area contributed by atoms with Gasteiger partial charge in [-0.15, -0.1) is 0 Å². The molecule has 0 radical (unpaired) electrons. The SMILES string of the molecule is CC(C)C(C)NC(=O)CNCC1(C)CCCCC1. The fraction of sp³-hybridized carbons (Fsp3) is 0.933. The minimum Gasteiger partial charge on any atom is -0.352 e. The average molecular weight is 254 g/mol. The highest BCUT2D eigenvalue weighted by Gasteiger charge is 2.26. The fourth-order valence-electron chi connectivity index (χ4n) is 2.53. The third kappa shape index (κ3) is 5.38. The van der Waals surface area contributed by atoms with Crippen molar-refractivity contribution in [2.45, 2.75) is 65.8 Å². The molecule has 18 heavy (non-hydrogen) atoms. The zero-order valence-corrected chi connectivity index (χ0v) is 12.5. The van der Waals surface area contributed by atoms with Gasteiger partial charge in [0.05, 0.1) is 6.54 Å². The van der Waals surface area contributed by atoms with Gasteiger partial charge < -0.3 is 10.6 Å². The molecule has 0 bridgehead atoms. The number of rotatable bonds is 6. The molecule has 0 aromatic carbocycles. The standard InChI is InChI=1S/C15H30N2O/c1-12(2)13(3)17-14(18)10-16-11-15(4)8-6-5-7-9-15/h12-13,16H,5-11H2,1-4H3,(H,17,18). The molecule has 2 N–H and O–H groups in total. The van der Waals surface area contributed by atoms with E-state index in [4.69, 9.17) is 0 Å². The molecular formula is C15H30N2O. The Morgan fingerprint density at radius 1 is 1.17 bits per heavy atom. The van der Waals surface area contributed by atoms with Gasteiger partial charge in [-0.05, 0) is 31.1 Å². The van der Waals surface area contributed by atoms with E-state index in [0.717, 1.165) is 6.54 Å². The van der Waals surface area contributed by atoms with Gasteiger partial charge in [0.25, 0.3) is 0 Å². The maximum Gasteiger partial charge on any atom is 0.234 e. The second kappa shape index (κ2) is 7.13. The first-order valence-corrected chi connectivity index (χ1v) is 7.43. The van der Waals surface area contributed by atoms with E-state index >= 15 is 0 Å². The zero-order chi connectivity index (χ0) is 13.6. The average Bonchev–Trinajstić information content (AvgIpc) is 2.29. The summed E-state index contributed by atoms with van der Waals surface area (Å²) in [5.74, 6) is 0.612. The Kier molecular flexibility index (Phi) is 6.13. The van der Waals surface area contributed by atoms with Crippen molar-refractivity contribution in [3.8, 4) is 0 Å². The summed E-state index contributed by atoms with van der Waals surface area (Å²) in [5, 5.41) is 6.36. The number of nitrogens with one attached hydrogen (secondary N) is 2. The van der Waals surface area contributed by atoms with Crippen molar-refractivity contribution in [2.24, 2.45) is 11.3 Å². The number of carbonyl (C=O) groups excluding carboxylic acids is 1. The lowest BCUT2D eigenvalue weighted by molar-refractivity contribution is -0.121. The molecule has 1 saturated carbocycles. The third-order valence-electron chi connectivity index (χ3n) is 4.29. The van der Waals surface area contributed by atoms with Crippen LogP contribution >= 0.6 is 0 Å². The van der Waals surface area contributed by atoms with Gasteiger partial charge >= 0.3 is 0 Å². The van der Waals surface area contributed by atoms with E-state index in [9.17, 15) is 4.79 Å². The quantitative estimate of drug-likeness (QED) is 0.765. The second-order valence-corrected chi connectivity index (χ2v) is 6.58. The van der Waals surface area contributed by atoms with Crippen LogP contribution in [0.2, 0.25) is 0 Å². The van der Waals surface area contributed by atoms with Gasteiger partial charge in [0.15, 0.2) is 0 Å². The molecule has 1 aliphatic carbocycles. The van der Waals surface area contributed by atoms with Crippen LogP contribution in [0.3, 0.4) is 0 Å². The highest BCUT2D eigenvalue weighted by atomic mass is 16.1. The van der Waals surface area contributed by atoms with Crippen molar-refractivity contribution in [1.29, 1.82) is 0 Å². The van der Waals surface area contributed by atoms with Gasteiger partial charge in [0.1, 0.15) is 0 Å². The minimum atomic E-state index is 0.121. The van der Waals surface area contributed by atoms with Crippen LogP contribution in [0.25, 0.3) is 0 Å². The van der Waals surface area contributed by atoms with Gasteiger partial charge in [0, 0.05) is 12.6 Å². The van der Waals surface area contributed by atoms with E-state index in [1.807, 2.05) is 0 Å². The molecule has 106 valence electrons. The number of carbonyl (C=O) groups is 1. The van der Waals surface area contributed by atoms with Crippen LogP contribution in [0.5, 0.6) is 0 Å². The van der Waals surface area contributed by atoms with Crippen molar-refractivity contribution in [3.63, 3.8) is 0 Å². The lowest BCUT2D eigenvalue weighted by Crippen LogP contribution is -2.43. The van der Waals surface area contributed by atoms with Crippen LogP contribution in [-0.4, -0.2) is 25.0 Å². The largest absolute Gasteiger partial charge is 0.352 e. The molecule has 0 saturated heterocycles. The second-order valence-electron chi connectivity index (χ2n) is 6.58. The molecule has 0 aromatic rings. The maximum atomic E-state index is 11.7. The molecule has 3 nitrogen and oxygen atoms in total. The predicted molar refractivity (Wildman–Crippen MR) is 76.5 cm³/mol. The van der Waals surface area contributed by atoms with E-state index in [0.29, 0.717) is 17.9 Å². The zero-order valence-electron chi connectivity index (χ0n) is 12.5. The van der Waals surface area contributed by atoms with Crippen molar-refractivity contribution < 1.29 is 4.79 Å². The first kappa shape index (κ1) is 15.5. The third-order valence-corrected chi connectivity index (χ3v) is 4.29. The first-order valence-electron chi connectivity index (χ1n) is 7.43. The van der Waals surface area contributed by atoms with Gasteiger partial charge in [-0.25, -0.2) is 0 Å². The Balaban J connectivity index is 2.18. The summed E-state index contributed by atoms with van der Waals surface area (Å²) in [6, 6.07) is 0.254. The van der Waals surface area contributed by atoms with Crippen LogP contribution in [0.1, 0.15) is 59.8 Å². The summed E-state index contributed by atoms with van der Waals surface area (Å²) in [7, 11) is 0. The molecule has 0 aliphatic heterocycles. The molecular weight excluding hydrogens is 224 g/mol. The number of amides is 1. The Labute approximate surface area is 112 Å². The molecule has 1 rings (SSSR count). The monoisotopic (exact) mass is 254 g/mol. The Morgan fingerprint density at radius 2 is 1.78 bits per heavy atom. The summed E-state index contributed by atoms with van der Waals surface area (Å²) in [5.41, 5.74) is 0.405. The molecule has 1 fully saturated rings. The van der Waals surface area contributed by atoms with Crippen molar-refractivity contribution in [1.82, 2.24) is 10.6 Å². The summed E-state index contributed by atoms with van der Waals surface area (Å²) < 4.78 is 0. The fourth-order valence-corrected chi connectivity index (χ4v) is 2.53. The van der Waals surface area contributed by atoms with Gasteiger partial charge in [-0.1, -0.05) is 40.0 Å². The molecule has 1 unspecified atom stereocenters. The smallest absolute Gasteiger partial charge is 0.234 e. The number of hydrogen-bond donors (Lipinski definition) is 2. The normalized spacial score (nSPS) is 20.7. The molecule has 0 heterocycles. The van der Waals surface area contributed by atoms with Crippen molar-refractivity contribution in [3.05, 3.63) is 0 Å². The van der Waals surface area contributed by atoms with Crippen LogP contribution in [0.4, 0.5) is 0 Å². The molecule has 3 heteroatoms. The van der Waals surface area contributed by atoms with Gasteiger partial charge in [0.2, 0.25) is 5.91 Å². The Bertz CT molecular complexity index is 257. The highest BCUT2D eigenvalue weighted by Crippen LogP contribution is 2.34. The van der Waals surface area contributed by atoms with Crippen molar-refractivity contribution in [2.75, 3.05) is 13.1 Å². The topological polar surface area (TPSA) is 41.1 Å². The van der Waals surface area contributed by atoms with E-state index in [1.54, 1.807) is 0 Å². The highest BCUT2D eigenvalue weighted by molar-refractivity contribution is 5.78. The van der Waals surface area contributed by atoms with E-state index in [-0.39, 0.29) is 11.9 Å². The predicted octanol–water partition coefficient (Wildman–Crippen LogP) is 2.71. The molecule has 0 spiro atoms. The van der Waals surface area contributed by atoms with Gasteiger partial charge in [-0.2, -0.15) is 0 Å². The summed E-state index contributed by atoms with van der Waals surface area (Å²) in [6.45, 7) is 10.1. The van der Waals surface area contributed by atoms with E-state index in [1.165, 1.54) is 32.1 Å². The summed E-state index contributed by atoms with van der Waals surface area (Å²) >= 11 is 0. The summed E-state index contributed by atoms with van der Waals surface area (Å²) in [4.78, 5) is 11.7. The lowest BCUT2D eigenvalue weighted by atomic mass is 9.76. The van der Waals surface area contributed by atoms with Crippen LogP contribution in [0.15, 0.2) is 0 Å². The lowest BCUT2D eigenvalue weighted by Gasteiger charge is -2.33. The van der Waals surface area contributed by atoms with E-state index < -0.39 is 0 Å². The molecule has 0 aromatic heterocycles. The van der Waals surface area contributed by atoms with Crippen LogP contribution < -0.4 is 10.6 Å². The van der Waals surface area contributed by atoms with E-state index in [2.05, 4.69) is 38.3 Å². The Hall–Kier alpha value is -0.570. The van der Waals surface area contributed by atoms with Crippen LogP contribution in [0, 0.1) is 11.3 Å². The maximum absolute atomic E-state index is 11.7. The Morgan fingerprint density at radius 3 is 2.33 bits per heavy atom. The molecule has 1 amide bonds.